The van der Waals surface area contributed by atoms with E-state index in [-0.39, 0.29) is 5.91 Å². The first-order valence-corrected chi connectivity index (χ1v) is 9.07. The lowest BCUT2D eigenvalue weighted by Gasteiger charge is -2.19. The lowest BCUT2D eigenvalue weighted by atomic mass is 10.3. The largest absolute Gasteiger partial charge is 0.381 e. The fourth-order valence-corrected chi connectivity index (χ4v) is 2.07. The number of nitrogens with zero attached hydrogens (tertiary/aromatic N) is 2. The molecular formula is C17H36N4O2. The first-order valence-electron chi connectivity index (χ1n) is 9.07. The molecule has 0 rings (SSSR count). The van der Waals surface area contributed by atoms with E-state index in [0.29, 0.717) is 13.0 Å². The van der Waals surface area contributed by atoms with Gasteiger partial charge >= 0.3 is 0 Å². The summed E-state index contributed by atoms with van der Waals surface area (Å²) < 4.78 is 5.52. The first kappa shape index (κ1) is 21.7. The normalized spacial score (nSPS) is 11.4. The van der Waals surface area contributed by atoms with Crippen LogP contribution in [0, 0.1) is 0 Å². The van der Waals surface area contributed by atoms with Gasteiger partial charge in [0.05, 0.1) is 0 Å². The highest BCUT2D eigenvalue weighted by atomic mass is 16.5. The van der Waals surface area contributed by atoms with Crippen molar-refractivity contribution in [3.63, 3.8) is 0 Å². The molecule has 0 saturated heterocycles. The molecule has 1 amide bonds. The highest BCUT2D eigenvalue weighted by Crippen LogP contribution is 1.93. The topological polar surface area (TPSA) is 66.0 Å². The van der Waals surface area contributed by atoms with Gasteiger partial charge in [0.25, 0.3) is 0 Å². The number of nitrogens with one attached hydrogen (secondary N) is 2. The Morgan fingerprint density at radius 1 is 1.04 bits per heavy atom. The Bertz CT molecular complexity index is 318. The zero-order valence-electron chi connectivity index (χ0n) is 15.5. The molecule has 0 saturated carbocycles. The molecular weight excluding hydrogens is 292 g/mol. The van der Waals surface area contributed by atoms with E-state index in [2.05, 4.69) is 22.5 Å². The smallest absolute Gasteiger partial charge is 0.224 e. The summed E-state index contributed by atoms with van der Waals surface area (Å²) in [6.45, 7) is 13.5. The van der Waals surface area contributed by atoms with E-state index >= 15 is 0 Å². The van der Waals surface area contributed by atoms with Crippen LogP contribution in [0.15, 0.2) is 4.99 Å². The van der Waals surface area contributed by atoms with Crippen molar-refractivity contribution in [3.05, 3.63) is 0 Å². The van der Waals surface area contributed by atoms with Gasteiger partial charge < -0.3 is 20.3 Å². The number of guanidine groups is 1. The second kappa shape index (κ2) is 15.6. The van der Waals surface area contributed by atoms with Crippen molar-refractivity contribution >= 4 is 11.9 Å². The number of unbranched alkanes of at least 4 members (excludes halogenated alkanes) is 1. The Morgan fingerprint density at radius 3 is 2.35 bits per heavy atom. The molecule has 136 valence electrons. The number of aliphatic imine (C=N–C) groups is 1. The van der Waals surface area contributed by atoms with E-state index in [0.717, 1.165) is 58.2 Å². The molecule has 0 aromatic rings. The Labute approximate surface area is 142 Å². The van der Waals surface area contributed by atoms with Gasteiger partial charge in [-0.3, -0.25) is 9.79 Å². The lowest BCUT2D eigenvalue weighted by molar-refractivity contribution is -0.130. The summed E-state index contributed by atoms with van der Waals surface area (Å²) in [5.74, 6) is 0.955. The van der Waals surface area contributed by atoms with Crippen molar-refractivity contribution in [1.82, 2.24) is 15.5 Å². The van der Waals surface area contributed by atoms with Crippen LogP contribution in [0.5, 0.6) is 0 Å². The summed E-state index contributed by atoms with van der Waals surface area (Å²) in [7, 11) is 0. The minimum atomic E-state index is 0.183. The predicted molar refractivity (Wildman–Crippen MR) is 96.9 cm³/mol. The summed E-state index contributed by atoms with van der Waals surface area (Å²) in [5.41, 5.74) is 0. The van der Waals surface area contributed by atoms with Crippen LogP contribution < -0.4 is 10.6 Å². The summed E-state index contributed by atoms with van der Waals surface area (Å²) in [6.07, 6.45) is 3.69. The van der Waals surface area contributed by atoms with E-state index in [1.165, 1.54) is 6.42 Å². The van der Waals surface area contributed by atoms with Crippen molar-refractivity contribution in [3.8, 4) is 0 Å². The molecule has 0 unspecified atom stereocenters. The van der Waals surface area contributed by atoms with Crippen LogP contribution in [0.4, 0.5) is 0 Å². The lowest BCUT2D eigenvalue weighted by Crippen LogP contribution is -2.40. The van der Waals surface area contributed by atoms with Gasteiger partial charge in [0.15, 0.2) is 5.96 Å². The maximum absolute atomic E-state index is 11.9. The molecule has 0 aliphatic rings. The third-order valence-electron chi connectivity index (χ3n) is 3.45. The van der Waals surface area contributed by atoms with Gasteiger partial charge in [-0.1, -0.05) is 13.3 Å². The number of amides is 1. The number of carbonyl (C=O) groups is 1. The van der Waals surface area contributed by atoms with Crippen molar-refractivity contribution < 1.29 is 9.53 Å². The SMILES string of the molecule is CCCCOCCCN=C(NCC)NCCC(=O)N(CC)CC. The van der Waals surface area contributed by atoms with E-state index in [9.17, 15) is 4.79 Å². The number of hydrogen-bond donors (Lipinski definition) is 2. The number of carbonyl (C=O) groups excluding carboxylic acids is 1. The molecule has 0 aliphatic heterocycles. The number of hydrogen-bond acceptors (Lipinski definition) is 3. The minimum Gasteiger partial charge on any atom is -0.381 e. The molecule has 0 fully saturated rings. The Morgan fingerprint density at radius 2 is 1.74 bits per heavy atom. The second-order valence-corrected chi connectivity index (χ2v) is 5.32. The van der Waals surface area contributed by atoms with Gasteiger partial charge in [0.1, 0.15) is 0 Å². The first-order chi connectivity index (χ1) is 11.2. The van der Waals surface area contributed by atoms with Gasteiger partial charge in [-0.15, -0.1) is 0 Å². The second-order valence-electron chi connectivity index (χ2n) is 5.32. The fraction of sp³-hybridized carbons (Fsp3) is 0.882. The minimum absolute atomic E-state index is 0.183. The maximum atomic E-state index is 11.9. The van der Waals surface area contributed by atoms with Crippen LogP contribution in [0.2, 0.25) is 0 Å². The maximum Gasteiger partial charge on any atom is 0.224 e. The number of ether oxygens (including phenoxy) is 1. The monoisotopic (exact) mass is 328 g/mol. The van der Waals surface area contributed by atoms with E-state index in [4.69, 9.17) is 4.74 Å². The molecule has 0 aliphatic carbocycles. The molecule has 0 spiro atoms. The van der Waals surface area contributed by atoms with E-state index < -0.39 is 0 Å². The van der Waals surface area contributed by atoms with Gasteiger partial charge in [-0.2, -0.15) is 0 Å². The third kappa shape index (κ3) is 11.9. The molecule has 0 atom stereocenters. The molecule has 23 heavy (non-hydrogen) atoms. The average molecular weight is 329 g/mol. The van der Waals surface area contributed by atoms with Crippen LogP contribution in [0.1, 0.15) is 53.4 Å². The summed E-state index contributed by atoms with van der Waals surface area (Å²) in [5, 5.41) is 6.41. The van der Waals surface area contributed by atoms with Crippen LogP contribution in [-0.4, -0.2) is 62.7 Å². The van der Waals surface area contributed by atoms with Crippen molar-refractivity contribution in [2.45, 2.75) is 53.4 Å². The quantitative estimate of drug-likeness (QED) is 0.308. The third-order valence-corrected chi connectivity index (χ3v) is 3.45. The Balaban J connectivity index is 3.96. The summed E-state index contributed by atoms with van der Waals surface area (Å²) in [6, 6.07) is 0. The number of rotatable bonds is 13. The molecule has 0 aromatic heterocycles. The highest BCUT2D eigenvalue weighted by Gasteiger charge is 2.08. The Hall–Kier alpha value is -1.30. The highest BCUT2D eigenvalue weighted by molar-refractivity contribution is 5.81. The van der Waals surface area contributed by atoms with Gasteiger partial charge in [-0.25, -0.2) is 0 Å². The van der Waals surface area contributed by atoms with Crippen LogP contribution in [-0.2, 0) is 9.53 Å². The van der Waals surface area contributed by atoms with E-state index in [1.54, 1.807) is 0 Å². The van der Waals surface area contributed by atoms with Gasteiger partial charge in [0, 0.05) is 52.4 Å². The molecule has 6 heteroatoms. The molecule has 0 aromatic carbocycles. The van der Waals surface area contributed by atoms with Gasteiger partial charge in [-0.05, 0) is 33.6 Å². The van der Waals surface area contributed by atoms with Gasteiger partial charge in [0.2, 0.25) is 5.91 Å². The predicted octanol–water partition coefficient (Wildman–Crippen LogP) is 2.01. The summed E-state index contributed by atoms with van der Waals surface area (Å²) >= 11 is 0. The molecule has 0 heterocycles. The standard InChI is InChI=1S/C17H36N4O2/c1-5-9-14-23-15-10-12-19-17(18-6-2)20-13-11-16(22)21(7-3)8-4/h5-15H2,1-4H3,(H2,18,19,20). The van der Waals surface area contributed by atoms with Crippen LogP contribution >= 0.6 is 0 Å². The summed E-state index contributed by atoms with van der Waals surface area (Å²) in [4.78, 5) is 18.3. The molecule has 0 radical (unpaired) electrons. The van der Waals surface area contributed by atoms with Crippen LogP contribution in [0.25, 0.3) is 0 Å². The molecule has 2 N–H and O–H groups in total. The molecule has 0 bridgehead atoms. The van der Waals surface area contributed by atoms with E-state index in [1.807, 2.05) is 25.7 Å². The Kier molecular flexibility index (Phi) is 14.7. The molecule has 6 nitrogen and oxygen atoms in total. The van der Waals surface area contributed by atoms with Crippen molar-refractivity contribution in [1.29, 1.82) is 0 Å². The average Bonchev–Trinajstić information content (AvgIpc) is 2.55. The zero-order chi connectivity index (χ0) is 17.3. The van der Waals surface area contributed by atoms with Crippen molar-refractivity contribution in [2.24, 2.45) is 4.99 Å². The van der Waals surface area contributed by atoms with Crippen molar-refractivity contribution in [2.75, 3.05) is 45.9 Å². The van der Waals surface area contributed by atoms with Crippen LogP contribution in [0.3, 0.4) is 0 Å². The fourth-order valence-electron chi connectivity index (χ4n) is 2.07. The zero-order valence-corrected chi connectivity index (χ0v) is 15.5.